The predicted molar refractivity (Wildman–Crippen MR) is 86.9 cm³/mol. The van der Waals surface area contributed by atoms with Gasteiger partial charge in [0.2, 0.25) is 0 Å². The van der Waals surface area contributed by atoms with Crippen molar-refractivity contribution in [3.8, 4) is 0 Å². The van der Waals surface area contributed by atoms with Crippen molar-refractivity contribution in [2.24, 2.45) is 5.92 Å². The Morgan fingerprint density at radius 3 is 1.81 bits per heavy atom. The summed E-state index contributed by atoms with van der Waals surface area (Å²) in [6, 6.07) is 7.09. The number of ketones is 1. The summed E-state index contributed by atoms with van der Waals surface area (Å²) in [4.78, 5) is 21.3. The zero-order valence-corrected chi connectivity index (χ0v) is 13.8. The fourth-order valence-corrected chi connectivity index (χ4v) is 1.77. The third kappa shape index (κ3) is 7.07. The summed E-state index contributed by atoms with van der Waals surface area (Å²) in [5.41, 5.74) is 1.56. The lowest BCUT2D eigenvalue weighted by molar-refractivity contribution is -0.122. The SMILES string of the molecule is CCC(=O)C(C)CC.CCC(C)c1ccc(C(=O)O)cc1. The molecule has 1 N–H and O–H groups in total. The molecule has 0 fully saturated rings. The third-order valence-corrected chi connectivity index (χ3v) is 3.85. The summed E-state index contributed by atoms with van der Waals surface area (Å²) in [5.74, 6) is 0.297. The molecule has 0 amide bonds. The molecule has 1 aromatic rings. The number of aromatic carboxylic acids is 1. The van der Waals surface area contributed by atoms with Crippen LogP contribution < -0.4 is 0 Å². The van der Waals surface area contributed by atoms with E-state index in [0.29, 0.717) is 23.7 Å². The van der Waals surface area contributed by atoms with Crippen molar-refractivity contribution in [2.75, 3.05) is 0 Å². The summed E-state index contributed by atoms with van der Waals surface area (Å²) in [7, 11) is 0. The first-order valence-corrected chi connectivity index (χ1v) is 7.73. The van der Waals surface area contributed by atoms with Crippen LogP contribution in [-0.4, -0.2) is 16.9 Å². The molecule has 0 aliphatic carbocycles. The van der Waals surface area contributed by atoms with Crippen LogP contribution in [0.25, 0.3) is 0 Å². The minimum absolute atomic E-state index is 0.278. The van der Waals surface area contributed by atoms with E-state index in [0.717, 1.165) is 12.8 Å². The van der Waals surface area contributed by atoms with Gasteiger partial charge in [0.1, 0.15) is 5.78 Å². The van der Waals surface area contributed by atoms with Crippen LogP contribution in [0.1, 0.15) is 75.7 Å². The molecular formula is C18H28O3. The van der Waals surface area contributed by atoms with Gasteiger partial charge in [0.15, 0.2) is 0 Å². The Bertz CT molecular complexity index is 434. The molecule has 0 saturated carbocycles. The molecule has 118 valence electrons. The number of benzene rings is 1. The van der Waals surface area contributed by atoms with Crippen LogP contribution in [0.3, 0.4) is 0 Å². The topological polar surface area (TPSA) is 54.4 Å². The number of rotatable bonds is 6. The summed E-state index contributed by atoms with van der Waals surface area (Å²) in [5, 5.41) is 8.67. The Labute approximate surface area is 128 Å². The van der Waals surface area contributed by atoms with Crippen molar-refractivity contribution >= 4 is 11.8 Å². The summed E-state index contributed by atoms with van der Waals surface area (Å²) < 4.78 is 0. The van der Waals surface area contributed by atoms with Crippen LogP contribution in [-0.2, 0) is 4.79 Å². The third-order valence-electron chi connectivity index (χ3n) is 3.85. The second kappa shape index (κ2) is 10.1. The second-order valence-electron chi connectivity index (χ2n) is 5.37. The summed E-state index contributed by atoms with van der Waals surface area (Å²) in [6.45, 7) is 10.2. The number of carboxylic acid groups (broad SMARTS) is 1. The van der Waals surface area contributed by atoms with Crippen molar-refractivity contribution < 1.29 is 14.7 Å². The Kier molecular flexibility index (Phi) is 9.35. The second-order valence-corrected chi connectivity index (χ2v) is 5.37. The van der Waals surface area contributed by atoms with Crippen LogP contribution in [0.15, 0.2) is 24.3 Å². The Morgan fingerprint density at radius 2 is 1.52 bits per heavy atom. The van der Waals surface area contributed by atoms with Gasteiger partial charge < -0.3 is 5.11 Å². The first-order valence-electron chi connectivity index (χ1n) is 7.73. The van der Waals surface area contributed by atoms with Gasteiger partial charge in [-0.1, -0.05) is 46.8 Å². The van der Waals surface area contributed by atoms with Gasteiger partial charge in [0.05, 0.1) is 5.56 Å². The first kappa shape index (κ1) is 19.4. The Morgan fingerprint density at radius 1 is 1.00 bits per heavy atom. The van der Waals surface area contributed by atoms with Gasteiger partial charge in [-0.25, -0.2) is 4.79 Å². The molecule has 0 aromatic heterocycles. The fraction of sp³-hybridized carbons (Fsp3) is 0.556. The van der Waals surface area contributed by atoms with E-state index in [2.05, 4.69) is 13.8 Å². The van der Waals surface area contributed by atoms with E-state index in [9.17, 15) is 9.59 Å². The predicted octanol–water partition coefficient (Wildman–Crippen LogP) is 4.91. The van der Waals surface area contributed by atoms with Gasteiger partial charge in [0.25, 0.3) is 0 Å². The maximum absolute atomic E-state index is 10.7. The highest BCUT2D eigenvalue weighted by molar-refractivity contribution is 5.87. The molecule has 21 heavy (non-hydrogen) atoms. The van der Waals surface area contributed by atoms with Crippen LogP contribution in [0, 0.1) is 5.92 Å². The molecule has 0 heterocycles. The Hall–Kier alpha value is -1.64. The van der Waals surface area contributed by atoms with Crippen molar-refractivity contribution in [3.05, 3.63) is 35.4 Å². The van der Waals surface area contributed by atoms with E-state index in [-0.39, 0.29) is 5.92 Å². The fourth-order valence-electron chi connectivity index (χ4n) is 1.77. The van der Waals surface area contributed by atoms with Gasteiger partial charge in [-0.3, -0.25) is 4.79 Å². The number of carboxylic acids is 1. The van der Waals surface area contributed by atoms with Crippen molar-refractivity contribution in [1.82, 2.24) is 0 Å². The molecule has 3 heteroatoms. The van der Waals surface area contributed by atoms with Gasteiger partial charge in [-0.2, -0.15) is 0 Å². The lowest BCUT2D eigenvalue weighted by Gasteiger charge is -2.08. The Balaban J connectivity index is 0.000000433. The van der Waals surface area contributed by atoms with Crippen molar-refractivity contribution in [1.29, 1.82) is 0 Å². The van der Waals surface area contributed by atoms with E-state index < -0.39 is 5.97 Å². The zero-order chi connectivity index (χ0) is 16.4. The molecule has 0 aliphatic heterocycles. The molecule has 2 unspecified atom stereocenters. The maximum Gasteiger partial charge on any atom is 0.335 e. The molecule has 0 spiro atoms. The minimum Gasteiger partial charge on any atom is -0.478 e. The van der Waals surface area contributed by atoms with Crippen LogP contribution in [0.2, 0.25) is 0 Å². The van der Waals surface area contributed by atoms with Gasteiger partial charge in [-0.15, -0.1) is 0 Å². The average molecular weight is 292 g/mol. The van der Waals surface area contributed by atoms with E-state index >= 15 is 0 Å². The first-order chi connectivity index (χ1) is 9.87. The molecule has 0 saturated heterocycles. The molecule has 2 atom stereocenters. The average Bonchev–Trinajstić information content (AvgIpc) is 2.53. The maximum atomic E-state index is 10.7. The molecule has 3 nitrogen and oxygen atoms in total. The summed E-state index contributed by atoms with van der Waals surface area (Å²) >= 11 is 0. The zero-order valence-electron chi connectivity index (χ0n) is 13.8. The summed E-state index contributed by atoms with van der Waals surface area (Å²) in [6.07, 6.45) is 2.74. The number of carbonyl (C=O) groups excluding carboxylic acids is 1. The quantitative estimate of drug-likeness (QED) is 0.810. The van der Waals surface area contributed by atoms with Crippen LogP contribution in [0.4, 0.5) is 0 Å². The number of Topliss-reactive ketones (excluding diaryl/α,β-unsaturated/α-hetero) is 1. The van der Waals surface area contributed by atoms with E-state index in [1.54, 1.807) is 12.1 Å². The lowest BCUT2D eigenvalue weighted by Crippen LogP contribution is -2.06. The highest BCUT2D eigenvalue weighted by Crippen LogP contribution is 2.18. The molecule has 1 rings (SSSR count). The van der Waals surface area contributed by atoms with Crippen molar-refractivity contribution in [3.63, 3.8) is 0 Å². The highest BCUT2D eigenvalue weighted by Gasteiger charge is 2.06. The molecule has 1 aromatic carbocycles. The number of hydrogen-bond acceptors (Lipinski definition) is 2. The van der Waals surface area contributed by atoms with Crippen molar-refractivity contribution in [2.45, 2.75) is 59.8 Å². The highest BCUT2D eigenvalue weighted by atomic mass is 16.4. The molecule has 0 aliphatic rings. The minimum atomic E-state index is -0.865. The number of carbonyl (C=O) groups is 2. The van der Waals surface area contributed by atoms with E-state index in [4.69, 9.17) is 5.11 Å². The normalized spacial score (nSPS) is 12.8. The van der Waals surface area contributed by atoms with Crippen LogP contribution >= 0.6 is 0 Å². The standard InChI is InChI=1S/C11H14O2.C7H14O/c1-3-8(2)9-4-6-10(7-5-9)11(12)13;1-4-6(3)7(8)5-2/h4-8H,3H2,1-2H3,(H,12,13);6H,4-5H2,1-3H3. The van der Waals surface area contributed by atoms with Crippen LogP contribution in [0.5, 0.6) is 0 Å². The van der Waals surface area contributed by atoms with E-state index in [1.807, 2.05) is 32.9 Å². The smallest absolute Gasteiger partial charge is 0.335 e. The van der Waals surface area contributed by atoms with Gasteiger partial charge >= 0.3 is 5.97 Å². The lowest BCUT2D eigenvalue weighted by atomic mass is 9.98. The molecule has 0 radical (unpaired) electrons. The van der Waals surface area contributed by atoms with Gasteiger partial charge in [0, 0.05) is 12.3 Å². The monoisotopic (exact) mass is 292 g/mol. The molecule has 0 bridgehead atoms. The van der Waals surface area contributed by atoms with Gasteiger partial charge in [-0.05, 0) is 36.5 Å². The molecular weight excluding hydrogens is 264 g/mol. The number of hydrogen-bond donors (Lipinski definition) is 1. The van der Waals surface area contributed by atoms with E-state index in [1.165, 1.54) is 5.56 Å². The largest absolute Gasteiger partial charge is 0.478 e.